The van der Waals surface area contributed by atoms with E-state index in [4.69, 9.17) is 4.74 Å². The van der Waals surface area contributed by atoms with Crippen LogP contribution in [0.4, 0.5) is 5.69 Å². The molecule has 1 heterocycles. The number of carbonyl (C=O) groups excluding carboxylic acids is 2. The third-order valence-corrected chi connectivity index (χ3v) is 5.03. The van der Waals surface area contributed by atoms with Crippen molar-refractivity contribution in [3.63, 3.8) is 0 Å². The molecule has 0 saturated carbocycles. The molecule has 1 amide bonds. The first-order chi connectivity index (χ1) is 12.9. The van der Waals surface area contributed by atoms with E-state index in [1.165, 1.54) is 9.13 Å². The van der Waals surface area contributed by atoms with Crippen LogP contribution in [-0.4, -0.2) is 27.6 Å². The maximum absolute atomic E-state index is 12.3. The highest BCUT2D eigenvalue weighted by Crippen LogP contribution is 2.19. The van der Waals surface area contributed by atoms with Gasteiger partial charge in [0, 0.05) is 17.2 Å². The number of carbonyl (C=O) groups is 2. The van der Waals surface area contributed by atoms with Crippen LogP contribution in [0.3, 0.4) is 0 Å². The fourth-order valence-corrected chi connectivity index (χ4v) is 3.00. The number of halogens is 1. The molecule has 2 aromatic carbocycles. The fraction of sp³-hybridized carbons (Fsp3) is 0.211. The van der Waals surface area contributed by atoms with Crippen molar-refractivity contribution < 1.29 is 14.3 Å². The molecule has 8 heteroatoms. The van der Waals surface area contributed by atoms with E-state index in [0.29, 0.717) is 11.2 Å². The Labute approximate surface area is 163 Å². The van der Waals surface area contributed by atoms with Crippen LogP contribution in [0.2, 0.25) is 0 Å². The third-order valence-electron chi connectivity index (χ3n) is 4.14. The van der Waals surface area contributed by atoms with Gasteiger partial charge in [0.2, 0.25) is 0 Å². The standard InChI is InChI=1S/C19H18BrN3O4/c1-12-9-13(7-8-14(12)20)21-17(24)11-27-18(25)10-23-16-6-4-3-5-15(16)22(2)19(23)26/h3-9H,10-11H2,1-2H3,(H,21,24). The lowest BCUT2D eigenvalue weighted by atomic mass is 10.2. The highest BCUT2D eigenvalue weighted by molar-refractivity contribution is 9.10. The van der Waals surface area contributed by atoms with Gasteiger partial charge in [-0.1, -0.05) is 28.1 Å². The molecular weight excluding hydrogens is 414 g/mol. The van der Waals surface area contributed by atoms with Crippen molar-refractivity contribution in [2.45, 2.75) is 13.5 Å². The normalized spacial score (nSPS) is 10.8. The van der Waals surface area contributed by atoms with Crippen LogP contribution >= 0.6 is 15.9 Å². The number of aromatic nitrogens is 2. The number of rotatable bonds is 5. The van der Waals surface area contributed by atoms with Crippen LogP contribution in [0.5, 0.6) is 0 Å². The van der Waals surface area contributed by atoms with Gasteiger partial charge >= 0.3 is 11.7 Å². The molecule has 140 valence electrons. The molecule has 0 bridgehead atoms. The van der Waals surface area contributed by atoms with Crippen molar-refractivity contribution in [1.29, 1.82) is 0 Å². The number of anilines is 1. The fourth-order valence-electron chi connectivity index (χ4n) is 2.76. The first-order valence-electron chi connectivity index (χ1n) is 8.22. The number of hydrogen-bond acceptors (Lipinski definition) is 4. The minimum absolute atomic E-state index is 0.259. The molecule has 0 aliphatic rings. The van der Waals surface area contributed by atoms with Crippen molar-refractivity contribution in [3.05, 3.63) is 63.0 Å². The van der Waals surface area contributed by atoms with Crippen LogP contribution in [0.25, 0.3) is 11.0 Å². The average molecular weight is 432 g/mol. The summed E-state index contributed by atoms with van der Waals surface area (Å²) in [4.78, 5) is 36.4. The molecule has 0 atom stereocenters. The predicted octanol–water partition coefficient (Wildman–Crippen LogP) is 2.59. The summed E-state index contributed by atoms with van der Waals surface area (Å²) < 4.78 is 8.75. The molecule has 1 N–H and O–H groups in total. The van der Waals surface area contributed by atoms with E-state index in [0.717, 1.165) is 15.6 Å². The number of nitrogens with one attached hydrogen (secondary N) is 1. The van der Waals surface area contributed by atoms with Gasteiger partial charge in [0.1, 0.15) is 6.54 Å². The Balaban J connectivity index is 1.62. The molecule has 0 aliphatic heterocycles. The lowest BCUT2D eigenvalue weighted by Gasteiger charge is -2.08. The summed E-state index contributed by atoms with van der Waals surface area (Å²) in [5, 5.41) is 2.66. The minimum Gasteiger partial charge on any atom is -0.454 e. The molecule has 0 radical (unpaired) electrons. The van der Waals surface area contributed by atoms with Crippen molar-refractivity contribution in [3.8, 4) is 0 Å². The number of amides is 1. The van der Waals surface area contributed by atoms with Gasteiger partial charge in [-0.15, -0.1) is 0 Å². The summed E-state index contributed by atoms with van der Waals surface area (Å²) in [6, 6.07) is 12.5. The topological polar surface area (TPSA) is 82.3 Å². The van der Waals surface area contributed by atoms with Crippen LogP contribution in [0.15, 0.2) is 51.7 Å². The van der Waals surface area contributed by atoms with E-state index in [1.807, 2.05) is 19.1 Å². The Bertz CT molecular complexity index is 1080. The Morgan fingerprint density at radius 2 is 1.85 bits per heavy atom. The Morgan fingerprint density at radius 1 is 1.15 bits per heavy atom. The Hall–Kier alpha value is -2.87. The lowest BCUT2D eigenvalue weighted by molar-refractivity contribution is -0.147. The molecule has 1 aromatic heterocycles. The number of benzene rings is 2. The van der Waals surface area contributed by atoms with Crippen molar-refractivity contribution in [2.75, 3.05) is 11.9 Å². The first kappa shape index (κ1) is 18.9. The Kier molecular flexibility index (Phi) is 5.46. The average Bonchev–Trinajstić information content (AvgIpc) is 2.88. The number of aryl methyl sites for hydroxylation is 2. The maximum atomic E-state index is 12.3. The van der Waals surface area contributed by atoms with E-state index < -0.39 is 18.5 Å². The zero-order valence-electron chi connectivity index (χ0n) is 14.9. The first-order valence-corrected chi connectivity index (χ1v) is 9.02. The van der Waals surface area contributed by atoms with Crippen LogP contribution in [-0.2, 0) is 27.9 Å². The number of imidazole rings is 1. The van der Waals surface area contributed by atoms with E-state index in [9.17, 15) is 14.4 Å². The number of nitrogens with zero attached hydrogens (tertiary/aromatic N) is 2. The molecule has 0 unspecified atom stereocenters. The smallest absolute Gasteiger partial charge is 0.329 e. The minimum atomic E-state index is -0.657. The van der Waals surface area contributed by atoms with E-state index >= 15 is 0 Å². The molecule has 3 aromatic rings. The molecular formula is C19H18BrN3O4. The molecule has 27 heavy (non-hydrogen) atoms. The zero-order valence-corrected chi connectivity index (χ0v) is 16.4. The van der Waals surface area contributed by atoms with Gasteiger partial charge in [-0.25, -0.2) is 4.79 Å². The summed E-state index contributed by atoms with van der Waals surface area (Å²) in [6.07, 6.45) is 0. The molecule has 0 spiro atoms. The van der Waals surface area contributed by atoms with Crippen LogP contribution in [0, 0.1) is 6.92 Å². The second-order valence-corrected chi connectivity index (χ2v) is 6.94. The van der Waals surface area contributed by atoms with E-state index in [1.54, 1.807) is 37.4 Å². The van der Waals surface area contributed by atoms with Crippen molar-refractivity contribution in [1.82, 2.24) is 9.13 Å². The van der Waals surface area contributed by atoms with Crippen LogP contribution in [0.1, 0.15) is 5.56 Å². The molecule has 0 aliphatic carbocycles. The molecule has 0 saturated heterocycles. The second-order valence-electron chi connectivity index (χ2n) is 6.09. The maximum Gasteiger partial charge on any atom is 0.329 e. The number of esters is 1. The molecule has 0 fully saturated rings. The SMILES string of the molecule is Cc1cc(NC(=O)COC(=O)Cn2c(=O)n(C)c3ccccc32)ccc1Br. The van der Waals surface area contributed by atoms with Gasteiger partial charge in [0.25, 0.3) is 5.91 Å². The number of ether oxygens (including phenoxy) is 1. The predicted molar refractivity (Wildman–Crippen MR) is 106 cm³/mol. The van der Waals surface area contributed by atoms with Crippen LogP contribution < -0.4 is 11.0 Å². The van der Waals surface area contributed by atoms with Gasteiger partial charge in [-0.2, -0.15) is 0 Å². The summed E-state index contributed by atoms with van der Waals surface area (Å²) in [7, 11) is 1.64. The van der Waals surface area contributed by atoms with Gasteiger partial charge in [0.15, 0.2) is 6.61 Å². The van der Waals surface area contributed by atoms with E-state index in [-0.39, 0.29) is 12.2 Å². The highest BCUT2D eigenvalue weighted by Gasteiger charge is 2.15. The molecule has 3 rings (SSSR count). The van der Waals surface area contributed by atoms with Gasteiger partial charge in [-0.05, 0) is 42.8 Å². The van der Waals surface area contributed by atoms with Crippen molar-refractivity contribution in [2.24, 2.45) is 7.05 Å². The number of para-hydroxylation sites is 2. The Morgan fingerprint density at radius 3 is 2.56 bits per heavy atom. The van der Waals surface area contributed by atoms with Gasteiger partial charge in [0.05, 0.1) is 11.0 Å². The van der Waals surface area contributed by atoms with Crippen molar-refractivity contribution >= 4 is 44.5 Å². The number of fused-ring (bicyclic) bond motifs is 1. The summed E-state index contributed by atoms with van der Waals surface area (Å²) in [5.41, 5.74) is 2.63. The van der Waals surface area contributed by atoms with Gasteiger partial charge < -0.3 is 10.1 Å². The summed E-state index contributed by atoms with van der Waals surface area (Å²) in [6.45, 7) is 1.22. The van der Waals surface area contributed by atoms with Gasteiger partial charge in [-0.3, -0.25) is 18.7 Å². The second kappa shape index (κ2) is 7.79. The number of hydrogen-bond donors (Lipinski definition) is 1. The largest absolute Gasteiger partial charge is 0.454 e. The lowest BCUT2D eigenvalue weighted by Crippen LogP contribution is -2.28. The monoisotopic (exact) mass is 431 g/mol. The quantitative estimate of drug-likeness (QED) is 0.629. The summed E-state index contributed by atoms with van der Waals surface area (Å²) >= 11 is 3.39. The zero-order chi connectivity index (χ0) is 19.6. The van der Waals surface area contributed by atoms with E-state index in [2.05, 4.69) is 21.2 Å². The summed E-state index contributed by atoms with van der Waals surface area (Å²) in [5.74, 6) is -1.11. The third kappa shape index (κ3) is 4.11. The highest BCUT2D eigenvalue weighted by atomic mass is 79.9. The molecule has 7 nitrogen and oxygen atoms in total.